The van der Waals surface area contributed by atoms with Gasteiger partial charge in [0.2, 0.25) is 0 Å². The Kier molecular flexibility index (Phi) is 4.97. The average molecular weight is 200 g/mol. The maximum Gasteiger partial charge on any atom is 0.0940 e. The molecule has 0 aliphatic carbocycles. The van der Waals surface area contributed by atoms with Crippen LogP contribution < -0.4 is 5.73 Å². The van der Waals surface area contributed by atoms with Gasteiger partial charge < -0.3 is 10.5 Å². The zero-order chi connectivity index (χ0) is 9.52. The van der Waals surface area contributed by atoms with E-state index in [-0.39, 0.29) is 6.04 Å². The minimum atomic E-state index is 0.223. The molecule has 2 N–H and O–H groups in total. The lowest BCUT2D eigenvalue weighted by molar-refractivity contribution is 0.190. The van der Waals surface area contributed by atoms with Crippen molar-refractivity contribution in [1.82, 2.24) is 4.98 Å². The Balaban J connectivity index is 2.14. The molecule has 4 heteroatoms. The van der Waals surface area contributed by atoms with Gasteiger partial charge in [-0.2, -0.15) is 0 Å². The van der Waals surface area contributed by atoms with Crippen molar-refractivity contribution in [3.05, 3.63) is 16.6 Å². The topological polar surface area (TPSA) is 48.1 Å². The Morgan fingerprint density at radius 1 is 1.69 bits per heavy atom. The van der Waals surface area contributed by atoms with E-state index in [0.29, 0.717) is 0 Å². The summed E-state index contributed by atoms with van der Waals surface area (Å²) in [6, 6.07) is 0.223. The standard InChI is InChI=1S/C9H16N2OS/c1-12-5-2-3-8(10)7-9-11-4-6-13-9/h4,6,8H,2-3,5,7,10H2,1H3. The van der Waals surface area contributed by atoms with Gasteiger partial charge >= 0.3 is 0 Å². The molecule has 0 aliphatic heterocycles. The lowest BCUT2D eigenvalue weighted by Crippen LogP contribution is -2.23. The van der Waals surface area contributed by atoms with Gasteiger partial charge in [0.25, 0.3) is 0 Å². The van der Waals surface area contributed by atoms with Gasteiger partial charge in [-0.3, -0.25) is 0 Å². The lowest BCUT2D eigenvalue weighted by atomic mass is 10.1. The van der Waals surface area contributed by atoms with Crippen LogP contribution in [-0.4, -0.2) is 24.7 Å². The Hall–Kier alpha value is -0.450. The summed E-state index contributed by atoms with van der Waals surface area (Å²) in [7, 11) is 1.71. The lowest BCUT2D eigenvalue weighted by Gasteiger charge is -2.08. The molecule has 3 nitrogen and oxygen atoms in total. The molecule has 1 heterocycles. The minimum absolute atomic E-state index is 0.223. The Labute approximate surface area is 82.9 Å². The van der Waals surface area contributed by atoms with Gasteiger partial charge in [0.15, 0.2) is 0 Å². The first-order chi connectivity index (χ1) is 6.33. The molecule has 0 amide bonds. The average Bonchev–Trinajstić information content (AvgIpc) is 2.57. The highest BCUT2D eigenvalue weighted by atomic mass is 32.1. The van der Waals surface area contributed by atoms with Crippen molar-refractivity contribution in [1.29, 1.82) is 0 Å². The SMILES string of the molecule is COCCCC(N)Cc1nccs1. The van der Waals surface area contributed by atoms with E-state index in [1.807, 2.05) is 11.6 Å². The second kappa shape index (κ2) is 6.07. The van der Waals surface area contributed by atoms with E-state index in [2.05, 4.69) is 4.98 Å². The van der Waals surface area contributed by atoms with Gasteiger partial charge in [-0.15, -0.1) is 11.3 Å². The van der Waals surface area contributed by atoms with Gasteiger partial charge in [0.1, 0.15) is 0 Å². The fraction of sp³-hybridized carbons (Fsp3) is 0.667. The predicted octanol–water partition coefficient (Wildman–Crippen LogP) is 1.44. The smallest absolute Gasteiger partial charge is 0.0940 e. The number of nitrogens with zero attached hydrogens (tertiary/aromatic N) is 1. The number of nitrogens with two attached hydrogens (primary N) is 1. The molecule has 1 unspecified atom stereocenters. The third kappa shape index (κ3) is 4.36. The van der Waals surface area contributed by atoms with Crippen LogP contribution in [0.2, 0.25) is 0 Å². The summed E-state index contributed by atoms with van der Waals surface area (Å²) in [6.45, 7) is 0.797. The van der Waals surface area contributed by atoms with Crippen LogP contribution in [0.15, 0.2) is 11.6 Å². The summed E-state index contributed by atoms with van der Waals surface area (Å²) >= 11 is 1.67. The van der Waals surface area contributed by atoms with Crippen LogP contribution in [0.25, 0.3) is 0 Å². The van der Waals surface area contributed by atoms with Crippen LogP contribution in [0.1, 0.15) is 17.8 Å². The molecule has 74 valence electrons. The van der Waals surface area contributed by atoms with Crippen LogP contribution >= 0.6 is 11.3 Å². The summed E-state index contributed by atoms with van der Waals surface area (Å²) in [4.78, 5) is 4.19. The zero-order valence-electron chi connectivity index (χ0n) is 7.90. The van der Waals surface area contributed by atoms with E-state index in [1.165, 1.54) is 0 Å². The Bertz CT molecular complexity index is 213. The second-order valence-corrected chi connectivity index (χ2v) is 4.00. The van der Waals surface area contributed by atoms with E-state index in [0.717, 1.165) is 30.9 Å². The van der Waals surface area contributed by atoms with Gasteiger partial charge in [-0.05, 0) is 12.8 Å². The zero-order valence-corrected chi connectivity index (χ0v) is 8.72. The summed E-state index contributed by atoms with van der Waals surface area (Å²) in [5.74, 6) is 0. The highest BCUT2D eigenvalue weighted by Gasteiger charge is 2.05. The van der Waals surface area contributed by atoms with Crippen molar-refractivity contribution in [2.24, 2.45) is 5.73 Å². The molecular formula is C9H16N2OS. The first kappa shape index (κ1) is 10.6. The number of methoxy groups -OCH3 is 1. The quantitative estimate of drug-likeness (QED) is 0.707. The van der Waals surface area contributed by atoms with Gasteiger partial charge in [0.05, 0.1) is 5.01 Å². The molecule has 0 fully saturated rings. The van der Waals surface area contributed by atoms with Crippen molar-refractivity contribution in [3.8, 4) is 0 Å². The van der Waals surface area contributed by atoms with E-state index in [9.17, 15) is 0 Å². The number of aromatic nitrogens is 1. The molecular weight excluding hydrogens is 184 g/mol. The normalized spacial score (nSPS) is 13.1. The molecule has 1 aromatic heterocycles. The summed E-state index contributed by atoms with van der Waals surface area (Å²) in [5.41, 5.74) is 5.92. The molecule has 0 radical (unpaired) electrons. The summed E-state index contributed by atoms with van der Waals surface area (Å²) < 4.78 is 4.96. The van der Waals surface area contributed by atoms with Gasteiger partial charge in [0, 0.05) is 37.8 Å². The Morgan fingerprint density at radius 3 is 3.15 bits per heavy atom. The van der Waals surface area contributed by atoms with Crippen LogP contribution in [0.3, 0.4) is 0 Å². The number of ether oxygens (including phenoxy) is 1. The fourth-order valence-electron chi connectivity index (χ4n) is 1.17. The highest BCUT2D eigenvalue weighted by molar-refractivity contribution is 7.09. The van der Waals surface area contributed by atoms with Crippen LogP contribution in [0, 0.1) is 0 Å². The molecule has 13 heavy (non-hydrogen) atoms. The van der Waals surface area contributed by atoms with Crippen LogP contribution in [0.4, 0.5) is 0 Å². The van der Waals surface area contributed by atoms with Crippen molar-refractivity contribution in [2.75, 3.05) is 13.7 Å². The first-order valence-corrected chi connectivity index (χ1v) is 5.33. The number of rotatable bonds is 6. The molecule has 0 saturated carbocycles. The molecule has 0 saturated heterocycles. The van der Waals surface area contributed by atoms with E-state index in [1.54, 1.807) is 18.4 Å². The predicted molar refractivity (Wildman–Crippen MR) is 54.9 cm³/mol. The highest BCUT2D eigenvalue weighted by Crippen LogP contribution is 2.08. The molecule has 0 aliphatic rings. The third-order valence-electron chi connectivity index (χ3n) is 1.84. The monoisotopic (exact) mass is 200 g/mol. The molecule has 0 spiro atoms. The van der Waals surface area contributed by atoms with Crippen molar-refractivity contribution in [3.63, 3.8) is 0 Å². The molecule has 1 aromatic rings. The van der Waals surface area contributed by atoms with Crippen LogP contribution in [0.5, 0.6) is 0 Å². The number of thiazole rings is 1. The largest absolute Gasteiger partial charge is 0.385 e. The van der Waals surface area contributed by atoms with E-state index < -0.39 is 0 Å². The van der Waals surface area contributed by atoms with Crippen LogP contribution in [-0.2, 0) is 11.2 Å². The summed E-state index contributed by atoms with van der Waals surface area (Å²) in [6.07, 6.45) is 4.75. The van der Waals surface area contributed by atoms with Gasteiger partial charge in [-0.25, -0.2) is 4.98 Å². The fourth-order valence-corrected chi connectivity index (χ4v) is 1.88. The van der Waals surface area contributed by atoms with E-state index >= 15 is 0 Å². The minimum Gasteiger partial charge on any atom is -0.385 e. The first-order valence-electron chi connectivity index (χ1n) is 4.46. The van der Waals surface area contributed by atoms with Gasteiger partial charge in [-0.1, -0.05) is 0 Å². The van der Waals surface area contributed by atoms with E-state index in [4.69, 9.17) is 10.5 Å². The number of hydrogen-bond acceptors (Lipinski definition) is 4. The number of hydrogen-bond donors (Lipinski definition) is 1. The molecule has 1 atom stereocenters. The molecule has 0 aromatic carbocycles. The maximum atomic E-state index is 5.92. The summed E-state index contributed by atoms with van der Waals surface area (Å²) in [5, 5.41) is 3.11. The van der Waals surface area contributed by atoms with Crippen molar-refractivity contribution in [2.45, 2.75) is 25.3 Å². The van der Waals surface area contributed by atoms with Crippen molar-refractivity contribution >= 4 is 11.3 Å². The van der Waals surface area contributed by atoms with Crippen molar-refractivity contribution < 1.29 is 4.74 Å². The Morgan fingerprint density at radius 2 is 2.54 bits per heavy atom. The second-order valence-electron chi connectivity index (χ2n) is 3.03. The molecule has 0 bridgehead atoms. The third-order valence-corrected chi connectivity index (χ3v) is 2.65. The molecule has 1 rings (SSSR count). The maximum absolute atomic E-state index is 5.92.